The Morgan fingerprint density at radius 3 is 2.61 bits per heavy atom. The zero-order valence-corrected chi connectivity index (χ0v) is 11.9. The Labute approximate surface area is 114 Å². The van der Waals surface area contributed by atoms with Crippen molar-refractivity contribution in [3.8, 4) is 0 Å². The van der Waals surface area contributed by atoms with E-state index in [1.807, 2.05) is 0 Å². The number of nitrogens with zero attached hydrogens (tertiary/aromatic N) is 3. The van der Waals surface area contributed by atoms with Gasteiger partial charge in [-0.25, -0.2) is 4.98 Å². The van der Waals surface area contributed by atoms with Gasteiger partial charge in [-0.05, 0) is 31.6 Å². The molecule has 1 aromatic rings. The highest BCUT2D eigenvalue weighted by molar-refractivity contribution is 6.18. The Morgan fingerprint density at radius 2 is 1.94 bits per heavy atom. The quantitative estimate of drug-likeness (QED) is 0.835. The van der Waals surface area contributed by atoms with E-state index < -0.39 is 0 Å². The Kier molecular flexibility index (Phi) is 4.75. The molecule has 0 aromatic carbocycles. The maximum absolute atomic E-state index is 5.98. The van der Waals surface area contributed by atoms with Crippen molar-refractivity contribution in [2.45, 2.75) is 52.0 Å². The van der Waals surface area contributed by atoms with Gasteiger partial charge in [0.25, 0.3) is 0 Å². The lowest BCUT2D eigenvalue weighted by Crippen LogP contribution is -2.26. The molecular weight excluding hydrogens is 248 g/mol. The molecule has 2 rings (SSSR count). The second-order valence-corrected chi connectivity index (χ2v) is 5.14. The fourth-order valence-corrected chi connectivity index (χ4v) is 2.95. The fourth-order valence-electron chi connectivity index (χ4n) is 2.58. The number of nitrogens with one attached hydrogen (secondary N) is 1. The van der Waals surface area contributed by atoms with Gasteiger partial charge >= 0.3 is 0 Å². The van der Waals surface area contributed by atoms with Crippen LogP contribution in [0.25, 0.3) is 0 Å². The third kappa shape index (κ3) is 2.91. The molecule has 0 spiro atoms. The van der Waals surface area contributed by atoms with Gasteiger partial charge in [-0.2, -0.15) is 5.10 Å². The zero-order chi connectivity index (χ0) is 13.0. The monoisotopic (exact) mass is 268 g/mol. The zero-order valence-electron chi connectivity index (χ0n) is 11.1. The summed E-state index contributed by atoms with van der Waals surface area (Å²) in [6.45, 7) is 4.18. The van der Waals surface area contributed by atoms with E-state index in [0.29, 0.717) is 23.8 Å². The van der Waals surface area contributed by atoms with Gasteiger partial charge in [0.15, 0.2) is 0 Å². The van der Waals surface area contributed by atoms with Crippen LogP contribution in [0.15, 0.2) is 0 Å². The van der Waals surface area contributed by atoms with Crippen LogP contribution in [-0.2, 0) is 12.8 Å². The highest BCUT2D eigenvalue weighted by atomic mass is 35.5. The molecule has 4 nitrogen and oxygen atoms in total. The summed E-state index contributed by atoms with van der Waals surface area (Å²) < 4.78 is 0. The number of aromatic nitrogens is 3. The number of hydrogen-bond donors (Lipinski definition) is 1. The smallest absolute Gasteiger partial charge is 0.243 e. The Bertz CT molecular complexity index is 397. The summed E-state index contributed by atoms with van der Waals surface area (Å²) in [6.07, 6.45) is 5.37. The molecule has 1 aromatic heterocycles. The number of halogens is 1. The molecule has 0 radical (unpaired) electrons. The molecule has 1 fully saturated rings. The van der Waals surface area contributed by atoms with Gasteiger partial charge in [0, 0.05) is 11.9 Å². The van der Waals surface area contributed by atoms with Crippen molar-refractivity contribution in [2.24, 2.45) is 5.92 Å². The topological polar surface area (TPSA) is 50.7 Å². The van der Waals surface area contributed by atoms with E-state index >= 15 is 0 Å². The van der Waals surface area contributed by atoms with Crippen LogP contribution in [-0.4, -0.2) is 27.1 Å². The minimum Gasteiger partial charge on any atom is -0.350 e. The van der Waals surface area contributed by atoms with E-state index in [1.54, 1.807) is 0 Å². The van der Waals surface area contributed by atoms with Crippen molar-refractivity contribution in [1.82, 2.24) is 15.2 Å². The third-order valence-corrected chi connectivity index (χ3v) is 4.08. The summed E-state index contributed by atoms with van der Waals surface area (Å²) in [5.41, 5.74) is 2.05. The minimum atomic E-state index is 0.404. The average Bonchev–Trinajstić information content (AvgIpc) is 2.85. The average molecular weight is 269 g/mol. The van der Waals surface area contributed by atoms with Crippen molar-refractivity contribution < 1.29 is 0 Å². The van der Waals surface area contributed by atoms with Crippen LogP contribution in [0, 0.1) is 5.92 Å². The fraction of sp³-hybridized carbons (Fsp3) is 0.769. The summed E-state index contributed by atoms with van der Waals surface area (Å²) in [4.78, 5) is 4.57. The summed E-state index contributed by atoms with van der Waals surface area (Å²) in [5.74, 6) is 1.90. The van der Waals surface area contributed by atoms with Gasteiger partial charge in [-0.1, -0.05) is 20.3 Å². The van der Waals surface area contributed by atoms with Crippen molar-refractivity contribution >= 4 is 17.5 Å². The van der Waals surface area contributed by atoms with E-state index in [1.165, 1.54) is 12.8 Å². The lowest BCUT2D eigenvalue weighted by molar-refractivity contribution is 0.557. The lowest BCUT2D eigenvalue weighted by Gasteiger charge is -2.18. The van der Waals surface area contributed by atoms with Crippen LogP contribution in [0.4, 0.5) is 5.95 Å². The molecule has 0 aliphatic heterocycles. The Hall–Kier alpha value is -0.900. The van der Waals surface area contributed by atoms with Crippen LogP contribution in [0.1, 0.15) is 44.5 Å². The van der Waals surface area contributed by atoms with E-state index in [2.05, 4.69) is 34.3 Å². The molecule has 100 valence electrons. The van der Waals surface area contributed by atoms with Crippen molar-refractivity contribution in [1.29, 1.82) is 0 Å². The van der Waals surface area contributed by atoms with Gasteiger partial charge in [0.2, 0.25) is 5.95 Å². The number of alkyl halides is 1. The van der Waals surface area contributed by atoms with E-state index in [9.17, 15) is 0 Å². The predicted octanol–water partition coefficient (Wildman–Crippen LogP) is 2.82. The molecule has 0 amide bonds. The lowest BCUT2D eigenvalue weighted by atomic mass is 10.1. The second-order valence-electron chi connectivity index (χ2n) is 4.83. The van der Waals surface area contributed by atoms with Crippen molar-refractivity contribution in [2.75, 3.05) is 11.2 Å². The molecule has 0 bridgehead atoms. The summed E-state index contributed by atoms with van der Waals surface area (Å²) in [7, 11) is 0. The first-order valence-electron chi connectivity index (χ1n) is 6.83. The minimum absolute atomic E-state index is 0.404. The number of aryl methyl sites for hydroxylation is 2. The summed E-state index contributed by atoms with van der Waals surface area (Å²) >= 11 is 5.98. The van der Waals surface area contributed by atoms with Gasteiger partial charge in [0.1, 0.15) is 0 Å². The predicted molar refractivity (Wildman–Crippen MR) is 74.1 cm³/mol. The van der Waals surface area contributed by atoms with Gasteiger partial charge in [0.05, 0.1) is 11.4 Å². The van der Waals surface area contributed by atoms with Crippen LogP contribution >= 0.6 is 11.6 Å². The Balaban J connectivity index is 2.09. The molecule has 5 heteroatoms. The molecule has 18 heavy (non-hydrogen) atoms. The maximum atomic E-state index is 5.98. The molecule has 2 atom stereocenters. The normalized spacial score (nSPS) is 23.3. The van der Waals surface area contributed by atoms with Crippen molar-refractivity contribution in [3.05, 3.63) is 11.4 Å². The largest absolute Gasteiger partial charge is 0.350 e. The van der Waals surface area contributed by atoms with Crippen LogP contribution < -0.4 is 5.32 Å². The molecule has 1 heterocycles. The van der Waals surface area contributed by atoms with Gasteiger partial charge in [-0.15, -0.1) is 16.7 Å². The molecule has 1 aliphatic rings. The Morgan fingerprint density at radius 1 is 1.17 bits per heavy atom. The van der Waals surface area contributed by atoms with Gasteiger partial charge < -0.3 is 5.32 Å². The highest BCUT2D eigenvalue weighted by Gasteiger charge is 2.27. The summed E-state index contributed by atoms with van der Waals surface area (Å²) in [6, 6.07) is 0.404. The van der Waals surface area contributed by atoms with E-state index in [-0.39, 0.29) is 0 Å². The molecule has 1 aliphatic carbocycles. The van der Waals surface area contributed by atoms with Crippen LogP contribution in [0.5, 0.6) is 0 Å². The number of rotatable bonds is 5. The molecule has 2 unspecified atom stereocenters. The number of hydrogen-bond acceptors (Lipinski definition) is 4. The highest BCUT2D eigenvalue weighted by Crippen LogP contribution is 2.28. The first-order chi connectivity index (χ1) is 8.78. The molecule has 1 saturated carbocycles. The maximum Gasteiger partial charge on any atom is 0.243 e. The third-order valence-electron chi connectivity index (χ3n) is 3.68. The summed E-state index contributed by atoms with van der Waals surface area (Å²) in [5, 5.41) is 11.8. The van der Waals surface area contributed by atoms with E-state index in [4.69, 9.17) is 11.6 Å². The molecule has 1 N–H and O–H groups in total. The van der Waals surface area contributed by atoms with Gasteiger partial charge in [-0.3, -0.25) is 0 Å². The van der Waals surface area contributed by atoms with Crippen LogP contribution in [0.2, 0.25) is 0 Å². The van der Waals surface area contributed by atoms with Crippen molar-refractivity contribution in [3.63, 3.8) is 0 Å². The SMILES string of the molecule is CCc1nnc(NC2CCCC2CCl)nc1CC. The first kappa shape index (κ1) is 13.5. The first-order valence-corrected chi connectivity index (χ1v) is 7.36. The molecule has 0 saturated heterocycles. The standard InChI is InChI=1S/C13H21ClN4/c1-3-10-11(4-2)17-18-13(15-10)16-12-7-5-6-9(12)8-14/h9,12H,3-8H2,1-2H3,(H,15,16,18). The number of anilines is 1. The van der Waals surface area contributed by atoms with E-state index in [0.717, 1.165) is 30.7 Å². The van der Waals surface area contributed by atoms with Crippen LogP contribution in [0.3, 0.4) is 0 Å². The molecular formula is C13H21ClN4. The second kappa shape index (κ2) is 6.32.